The standard InChI is InChI=1S/C25H29N5O2/c1-16-19(6-5-7-20(16)26)22-15-30(4)24(31)21(27-22)14-17-8-10-18(11-9-17)23-25(32)29(3)13-12-28(23)2/h5-11,15,23H,12-14,26H2,1-4H3. The molecule has 1 unspecified atom stereocenters. The van der Waals surface area contributed by atoms with Crippen molar-refractivity contribution in [3.8, 4) is 11.3 Å². The van der Waals surface area contributed by atoms with Crippen molar-refractivity contribution in [1.82, 2.24) is 19.4 Å². The molecule has 1 fully saturated rings. The monoisotopic (exact) mass is 431 g/mol. The number of hydrogen-bond acceptors (Lipinski definition) is 5. The van der Waals surface area contributed by atoms with Crippen LogP contribution in [0.2, 0.25) is 0 Å². The number of amides is 1. The van der Waals surface area contributed by atoms with E-state index in [9.17, 15) is 9.59 Å². The number of piperazine rings is 1. The van der Waals surface area contributed by atoms with Gasteiger partial charge in [-0.2, -0.15) is 0 Å². The number of hydrogen-bond donors (Lipinski definition) is 1. The van der Waals surface area contributed by atoms with E-state index in [0.29, 0.717) is 17.8 Å². The maximum absolute atomic E-state index is 12.8. The predicted molar refractivity (Wildman–Crippen MR) is 126 cm³/mol. The van der Waals surface area contributed by atoms with Crippen LogP contribution in [0.15, 0.2) is 53.5 Å². The van der Waals surface area contributed by atoms with Crippen LogP contribution < -0.4 is 11.3 Å². The van der Waals surface area contributed by atoms with Gasteiger partial charge in [-0.15, -0.1) is 0 Å². The van der Waals surface area contributed by atoms with Gasteiger partial charge >= 0.3 is 0 Å². The summed E-state index contributed by atoms with van der Waals surface area (Å²) in [6.07, 6.45) is 2.16. The summed E-state index contributed by atoms with van der Waals surface area (Å²) in [5, 5.41) is 0. The molecule has 0 aliphatic carbocycles. The largest absolute Gasteiger partial charge is 0.398 e. The molecule has 1 aliphatic rings. The Morgan fingerprint density at radius 1 is 1.03 bits per heavy atom. The second-order valence-corrected chi connectivity index (χ2v) is 8.57. The highest BCUT2D eigenvalue weighted by Gasteiger charge is 2.31. The van der Waals surface area contributed by atoms with Gasteiger partial charge < -0.3 is 15.2 Å². The van der Waals surface area contributed by atoms with Crippen molar-refractivity contribution < 1.29 is 4.79 Å². The second-order valence-electron chi connectivity index (χ2n) is 8.57. The maximum atomic E-state index is 12.8. The van der Waals surface area contributed by atoms with Crippen molar-refractivity contribution in [1.29, 1.82) is 0 Å². The van der Waals surface area contributed by atoms with Crippen LogP contribution >= 0.6 is 0 Å². The van der Waals surface area contributed by atoms with Crippen molar-refractivity contribution in [3.05, 3.63) is 81.4 Å². The summed E-state index contributed by atoms with van der Waals surface area (Å²) in [5.74, 6) is 0.104. The number of likely N-dealkylation sites (N-methyl/N-ethyl adjacent to an activating group) is 2. The fourth-order valence-corrected chi connectivity index (χ4v) is 4.20. The van der Waals surface area contributed by atoms with E-state index in [0.717, 1.165) is 41.0 Å². The molecule has 1 amide bonds. The molecule has 1 saturated heterocycles. The lowest BCUT2D eigenvalue weighted by Gasteiger charge is -2.37. The Bertz CT molecular complexity index is 1220. The van der Waals surface area contributed by atoms with Crippen LogP contribution in [-0.4, -0.2) is 52.4 Å². The van der Waals surface area contributed by atoms with E-state index in [1.54, 1.807) is 22.7 Å². The van der Waals surface area contributed by atoms with Crippen LogP contribution in [0, 0.1) is 6.92 Å². The average Bonchev–Trinajstić information content (AvgIpc) is 2.77. The first-order chi connectivity index (χ1) is 15.3. The van der Waals surface area contributed by atoms with Crippen LogP contribution in [-0.2, 0) is 18.3 Å². The molecule has 2 aromatic carbocycles. The molecule has 0 spiro atoms. The number of carbonyl (C=O) groups is 1. The molecule has 0 bridgehead atoms. The Morgan fingerprint density at radius 2 is 1.75 bits per heavy atom. The summed E-state index contributed by atoms with van der Waals surface area (Å²) >= 11 is 0. The molecule has 7 heteroatoms. The third kappa shape index (κ3) is 4.03. The molecule has 0 radical (unpaired) electrons. The quantitative estimate of drug-likeness (QED) is 0.641. The molecule has 0 saturated carbocycles. The molecule has 3 aromatic rings. The molecule has 7 nitrogen and oxygen atoms in total. The highest BCUT2D eigenvalue weighted by Crippen LogP contribution is 2.27. The van der Waals surface area contributed by atoms with E-state index < -0.39 is 0 Å². The van der Waals surface area contributed by atoms with Gasteiger partial charge in [0.2, 0.25) is 5.91 Å². The lowest BCUT2D eigenvalue weighted by Crippen LogP contribution is -2.48. The zero-order valence-electron chi connectivity index (χ0n) is 19.0. The van der Waals surface area contributed by atoms with Crippen molar-refractivity contribution >= 4 is 11.6 Å². The predicted octanol–water partition coefficient (Wildman–Crippen LogP) is 2.37. The zero-order chi connectivity index (χ0) is 23.0. The van der Waals surface area contributed by atoms with Gasteiger partial charge in [-0.05, 0) is 36.7 Å². The lowest BCUT2D eigenvalue weighted by molar-refractivity contribution is -0.139. The minimum absolute atomic E-state index is 0.104. The third-order valence-electron chi connectivity index (χ3n) is 6.30. The first-order valence-corrected chi connectivity index (χ1v) is 10.7. The first-order valence-electron chi connectivity index (χ1n) is 10.7. The van der Waals surface area contributed by atoms with Gasteiger partial charge in [0.1, 0.15) is 11.7 Å². The number of carbonyl (C=O) groups excluding carboxylic acids is 1. The van der Waals surface area contributed by atoms with Crippen LogP contribution in [0.4, 0.5) is 5.69 Å². The number of nitrogens with zero attached hydrogens (tertiary/aromatic N) is 4. The van der Waals surface area contributed by atoms with E-state index in [4.69, 9.17) is 5.73 Å². The van der Waals surface area contributed by atoms with Crippen LogP contribution in [0.25, 0.3) is 11.3 Å². The normalized spacial score (nSPS) is 17.1. The minimum Gasteiger partial charge on any atom is -0.398 e. The molecule has 1 aromatic heterocycles. The number of rotatable bonds is 4. The van der Waals surface area contributed by atoms with Crippen molar-refractivity contribution in [2.45, 2.75) is 19.4 Å². The first kappa shape index (κ1) is 21.8. The Hall–Kier alpha value is -3.45. The number of aryl methyl sites for hydroxylation is 1. The summed E-state index contributed by atoms with van der Waals surface area (Å²) in [6, 6.07) is 13.3. The van der Waals surface area contributed by atoms with E-state index in [2.05, 4.69) is 9.88 Å². The van der Waals surface area contributed by atoms with Gasteiger partial charge in [0.15, 0.2) is 0 Å². The fraction of sp³-hybridized carbons (Fsp3) is 0.320. The van der Waals surface area contributed by atoms with E-state index in [1.165, 1.54) is 0 Å². The SMILES string of the molecule is Cc1c(N)cccc1-c1cn(C)c(=O)c(Cc2ccc(C3C(=O)N(C)CCN3C)cc2)n1. The number of benzene rings is 2. The van der Waals surface area contributed by atoms with Gasteiger partial charge in [0, 0.05) is 51.1 Å². The Balaban J connectivity index is 1.63. The number of nitrogens with two attached hydrogens (primary N) is 1. The molecular formula is C25H29N5O2. The maximum Gasteiger partial charge on any atom is 0.272 e. The van der Waals surface area contributed by atoms with Gasteiger partial charge in [0.05, 0.1) is 5.69 Å². The van der Waals surface area contributed by atoms with Crippen molar-refractivity contribution in [3.63, 3.8) is 0 Å². The molecule has 1 atom stereocenters. The molecule has 166 valence electrons. The Labute approximate surface area is 188 Å². The fourth-order valence-electron chi connectivity index (χ4n) is 4.20. The summed E-state index contributed by atoms with van der Waals surface area (Å²) in [4.78, 5) is 33.9. The van der Waals surface area contributed by atoms with Crippen molar-refractivity contribution in [2.24, 2.45) is 7.05 Å². The molecule has 2 heterocycles. The summed E-state index contributed by atoms with van der Waals surface area (Å²) in [7, 11) is 5.55. The second kappa shape index (κ2) is 8.59. The molecule has 4 rings (SSSR count). The smallest absolute Gasteiger partial charge is 0.272 e. The van der Waals surface area contributed by atoms with Gasteiger partial charge in [-0.1, -0.05) is 36.4 Å². The van der Waals surface area contributed by atoms with E-state index >= 15 is 0 Å². The Morgan fingerprint density at radius 3 is 2.47 bits per heavy atom. The lowest BCUT2D eigenvalue weighted by atomic mass is 9.99. The highest BCUT2D eigenvalue weighted by atomic mass is 16.2. The van der Waals surface area contributed by atoms with Crippen LogP contribution in [0.5, 0.6) is 0 Å². The molecular weight excluding hydrogens is 402 g/mol. The third-order valence-corrected chi connectivity index (χ3v) is 6.30. The number of nitrogen functional groups attached to an aromatic ring is 1. The summed E-state index contributed by atoms with van der Waals surface area (Å²) < 4.78 is 1.57. The number of aromatic nitrogens is 2. The highest BCUT2D eigenvalue weighted by molar-refractivity contribution is 5.83. The zero-order valence-corrected chi connectivity index (χ0v) is 19.0. The molecule has 2 N–H and O–H groups in total. The van der Waals surface area contributed by atoms with Crippen LogP contribution in [0.3, 0.4) is 0 Å². The van der Waals surface area contributed by atoms with Gasteiger partial charge in [-0.25, -0.2) is 4.98 Å². The van der Waals surface area contributed by atoms with E-state index in [1.807, 2.05) is 63.5 Å². The molecule has 32 heavy (non-hydrogen) atoms. The number of anilines is 1. The van der Waals surface area contributed by atoms with Crippen LogP contribution in [0.1, 0.15) is 28.4 Å². The summed E-state index contributed by atoms with van der Waals surface area (Å²) in [5.41, 5.74) is 11.6. The topological polar surface area (TPSA) is 84.5 Å². The van der Waals surface area contributed by atoms with E-state index in [-0.39, 0.29) is 17.5 Å². The minimum atomic E-state index is -0.274. The summed E-state index contributed by atoms with van der Waals surface area (Å²) in [6.45, 7) is 3.53. The average molecular weight is 432 g/mol. The van der Waals surface area contributed by atoms with Gasteiger partial charge in [-0.3, -0.25) is 14.5 Å². The van der Waals surface area contributed by atoms with Crippen molar-refractivity contribution in [2.75, 3.05) is 32.9 Å². The van der Waals surface area contributed by atoms with Gasteiger partial charge in [0.25, 0.3) is 5.56 Å². The Kier molecular flexibility index (Phi) is 5.84. The molecule has 1 aliphatic heterocycles.